The van der Waals surface area contributed by atoms with Crippen LogP contribution in [-0.2, 0) is 19.1 Å². The maximum absolute atomic E-state index is 13.0. The Labute approximate surface area is 249 Å². The molecule has 1 aliphatic heterocycles. The Morgan fingerprint density at radius 2 is 1.66 bits per heavy atom. The molecule has 41 heavy (non-hydrogen) atoms. The molecular formula is C29H37ClN6O4S. The van der Waals surface area contributed by atoms with Gasteiger partial charge in [-0.05, 0) is 38.5 Å². The molecule has 0 unspecified atom stereocenters. The Morgan fingerprint density at radius 1 is 1.00 bits per heavy atom. The minimum atomic E-state index is -0.522. The molecule has 0 saturated carbocycles. The molecule has 0 bridgehead atoms. The van der Waals surface area contributed by atoms with E-state index in [0.717, 1.165) is 33.2 Å². The van der Waals surface area contributed by atoms with Gasteiger partial charge in [0.1, 0.15) is 16.9 Å². The minimum Gasteiger partial charge on any atom is -0.377 e. The lowest BCUT2D eigenvalue weighted by molar-refractivity contribution is -0.124. The van der Waals surface area contributed by atoms with E-state index in [-0.39, 0.29) is 24.2 Å². The molecule has 10 nitrogen and oxygen atoms in total. The second kappa shape index (κ2) is 14.2. The summed E-state index contributed by atoms with van der Waals surface area (Å²) < 4.78 is 13.1. The van der Waals surface area contributed by atoms with Crippen molar-refractivity contribution in [1.82, 2.24) is 25.4 Å². The summed E-state index contributed by atoms with van der Waals surface area (Å²) in [4.78, 5) is 30.8. The van der Waals surface area contributed by atoms with Crippen molar-refractivity contribution in [3.8, 4) is 5.00 Å². The lowest BCUT2D eigenvalue weighted by atomic mass is 9.99. The van der Waals surface area contributed by atoms with Crippen LogP contribution >= 0.6 is 22.9 Å². The van der Waals surface area contributed by atoms with Gasteiger partial charge in [-0.25, -0.2) is 0 Å². The Balaban J connectivity index is 1.36. The van der Waals surface area contributed by atoms with Gasteiger partial charge in [-0.2, -0.15) is 0 Å². The monoisotopic (exact) mass is 600 g/mol. The number of rotatable bonds is 13. The lowest BCUT2D eigenvalue weighted by Gasteiger charge is -2.13. The normalized spacial score (nSPS) is 14.3. The van der Waals surface area contributed by atoms with Crippen molar-refractivity contribution in [3.05, 3.63) is 62.5 Å². The molecule has 1 aromatic carbocycles. The average molecular weight is 601 g/mol. The smallest absolute Gasteiger partial charge is 0.222 e. The number of ether oxygens (including phenoxy) is 2. The van der Waals surface area contributed by atoms with Crippen LogP contribution in [0.15, 0.2) is 29.3 Å². The quantitative estimate of drug-likeness (QED) is 0.285. The number of hydrogen-bond acceptors (Lipinski definition) is 8. The van der Waals surface area contributed by atoms with Crippen molar-refractivity contribution in [2.75, 3.05) is 39.5 Å². The van der Waals surface area contributed by atoms with Crippen molar-refractivity contribution in [2.24, 2.45) is 10.9 Å². The fourth-order valence-corrected chi connectivity index (χ4v) is 5.76. The van der Waals surface area contributed by atoms with Crippen LogP contribution in [0.1, 0.15) is 59.5 Å². The number of nitrogens with one attached hydrogen (secondary N) is 2. The first-order valence-corrected chi connectivity index (χ1v) is 14.9. The van der Waals surface area contributed by atoms with Gasteiger partial charge in [0.15, 0.2) is 5.82 Å². The molecule has 0 radical (unpaired) electrons. The maximum Gasteiger partial charge on any atom is 0.222 e. The topological polar surface area (TPSA) is 120 Å². The molecule has 0 spiro atoms. The number of amides is 2. The molecule has 3 heterocycles. The van der Waals surface area contributed by atoms with Crippen LogP contribution in [0.3, 0.4) is 0 Å². The Bertz CT molecular complexity index is 1400. The Kier molecular flexibility index (Phi) is 10.7. The number of carbonyl (C=O) groups excluding carboxylic acids is 2. The number of nitrogens with zero attached hydrogens (tertiary/aromatic N) is 4. The van der Waals surface area contributed by atoms with Crippen molar-refractivity contribution in [3.63, 3.8) is 0 Å². The van der Waals surface area contributed by atoms with Crippen LogP contribution in [0.4, 0.5) is 0 Å². The van der Waals surface area contributed by atoms with Crippen LogP contribution < -0.4 is 10.6 Å². The summed E-state index contributed by atoms with van der Waals surface area (Å²) in [5.74, 6) is 1.20. The molecule has 0 fully saturated rings. The number of fused-ring (bicyclic) bond motifs is 3. The predicted molar refractivity (Wildman–Crippen MR) is 160 cm³/mol. The first kappa shape index (κ1) is 30.8. The molecule has 2 amide bonds. The first-order valence-electron chi connectivity index (χ1n) is 13.7. The summed E-state index contributed by atoms with van der Waals surface area (Å²) in [6.45, 7) is 12.2. The first-order chi connectivity index (χ1) is 19.7. The Morgan fingerprint density at radius 3 is 2.32 bits per heavy atom. The van der Waals surface area contributed by atoms with E-state index >= 15 is 0 Å². The standard InChI is InChI=1S/C29H37ClN6O4S/c1-17(2)28(38)32-11-13-40-15-14-39-12-10-31-24(37)16-23-27-35-34-20(5)36(27)29-25(18(3)19(4)41-29)26(33-23)21-6-8-22(30)9-7-21/h6-9,17,23H,10-16H2,1-5H3,(H,31,37)(H,32,38)/t23-/m0/s1. The van der Waals surface area contributed by atoms with Crippen LogP contribution in [0.2, 0.25) is 5.02 Å². The zero-order valence-corrected chi connectivity index (χ0v) is 25.7. The molecule has 12 heteroatoms. The van der Waals surface area contributed by atoms with Gasteiger partial charge < -0.3 is 20.1 Å². The van der Waals surface area contributed by atoms with E-state index in [1.54, 1.807) is 11.3 Å². The van der Waals surface area contributed by atoms with Crippen molar-refractivity contribution >= 4 is 40.5 Å². The van der Waals surface area contributed by atoms with E-state index < -0.39 is 6.04 Å². The minimum absolute atomic E-state index is 0.00742. The summed E-state index contributed by atoms with van der Waals surface area (Å²) in [5, 5.41) is 16.2. The van der Waals surface area contributed by atoms with Gasteiger partial charge in [-0.15, -0.1) is 21.5 Å². The zero-order chi connectivity index (χ0) is 29.5. The molecule has 1 atom stereocenters. The number of aliphatic imine (C=N–C) groups is 1. The van der Waals surface area contributed by atoms with E-state index in [2.05, 4.69) is 34.7 Å². The highest BCUT2D eigenvalue weighted by molar-refractivity contribution is 7.15. The second-order valence-electron chi connectivity index (χ2n) is 10.1. The molecule has 4 rings (SSSR count). The van der Waals surface area contributed by atoms with Crippen molar-refractivity contribution < 1.29 is 19.1 Å². The predicted octanol–water partition coefficient (Wildman–Crippen LogP) is 4.11. The number of carbonyl (C=O) groups is 2. The van der Waals surface area contributed by atoms with E-state index in [1.165, 1.54) is 4.88 Å². The van der Waals surface area contributed by atoms with Gasteiger partial charge in [0.25, 0.3) is 0 Å². The summed E-state index contributed by atoms with van der Waals surface area (Å²) in [5.41, 5.74) is 3.91. The summed E-state index contributed by atoms with van der Waals surface area (Å²) in [6.07, 6.45) is 0.118. The second-order valence-corrected chi connectivity index (χ2v) is 11.8. The molecular weight excluding hydrogens is 564 g/mol. The van der Waals surface area contributed by atoms with E-state index in [9.17, 15) is 9.59 Å². The number of hydrogen-bond donors (Lipinski definition) is 2. The number of halogens is 1. The summed E-state index contributed by atoms with van der Waals surface area (Å²) in [7, 11) is 0. The highest BCUT2D eigenvalue weighted by atomic mass is 35.5. The molecule has 0 aliphatic carbocycles. The van der Waals surface area contributed by atoms with Gasteiger partial charge in [-0.3, -0.25) is 19.1 Å². The molecule has 220 valence electrons. The molecule has 3 aromatic rings. The lowest BCUT2D eigenvalue weighted by Crippen LogP contribution is -2.31. The maximum atomic E-state index is 13.0. The third kappa shape index (κ3) is 7.59. The number of aryl methyl sites for hydroxylation is 2. The zero-order valence-electron chi connectivity index (χ0n) is 24.1. The van der Waals surface area contributed by atoms with Crippen LogP contribution in [0.5, 0.6) is 0 Å². The number of thiophene rings is 1. The van der Waals surface area contributed by atoms with Crippen molar-refractivity contribution in [1.29, 1.82) is 0 Å². The van der Waals surface area contributed by atoms with Gasteiger partial charge >= 0.3 is 0 Å². The van der Waals surface area contributed by atoms with Crippen molar-refractivity contribution in [2.45, 2.75) is 47.1 Å². The van der Waals surface area contributed by atoms with E-state index in [4.69, 9.17) is 26.1 Å². The molecule has 2 N–H and O–H groups in total. The van der Waals surface area contributed by atoms with Gasteiger partial charge in [0.2, 0.25) is 11.8 Å². The van der Waals surface area contributed by atoms with Crippen LogP contribution in [0, 0.1) is 26.7 Å². The molecule has 0 saturated heterocycles. The van der Waals surface area contributed by atoms with Gasteiger partial charge in [-0.1, -0.05) is 37.6 Å². The highest BCUT2D eigenvalue weighted by Gasteiger charge is 2.32. The van der Waals surface area contributed by atoms with Gasteiger partial charge in [0, 0.05) is 40.0 Å². The fourth-order valence-electron chi connectivity index (χ4n) is 4.42. The van der Waals surface area contributed by atoms with Crippen LogP contribution in [-0.4, -0.2) is 71.8 Å². The fraction of sp³-hybridized carbons (Fsp3) is 0.483. The average Bonchev–Trinajstić information content (AvgIpc) is 3.41. The number of benzene rings is 1. The van der Waals surface area contributed by atoms with Crippen LogP contribution in [0.25, 0.3) is 5.00 Å². The Hall–Kier alpha value is -3.12. The third-order valence-electron chi connectivity index (χ3n) is 6.75. The summed E-state index contributed by atoms with van der Waals surface area (Å²) in [6, 6.07) is 7.09. The van der Waals surface area contributed by atoms with E-state index in [1.807, 2.05) is 49.6 Å². The van der Waals surface area contributed by atoms with Gasteiger partial charge in [0.05, 0.1) is 38.6 Å². The summed E-state index contributed by atoms with van der Waals surface area (Å²) >= 11 is 7.85. The highest BCUT2D eigenvalue weighted by Crippen LogP contribution is 2.39. The SMILES string of the molecule is Cc1sc2c(c1C)C(c1ccc(Cl)cc1)=N[C@@H](CC(=O)NCCOCCOCCNC(=O)C(C)C)c1nnc(C)n1-2. The van der Waals surface area contributed by atoms with E-state index in [0.29, 0.717) is 50.4 Å². The largest absolute Gasteiger partial charge is 0.377 e. The third-order valence-corrected chi connectivity index (χ3v) is 8.19. The molecule has 1 aliphatic rings. The molecule has 2 aromatic heterocycles. The number of aromatic nitrogens is 3.